The highest BCUT2D eigenvalue weighted by Gasteiger charge is 2.19. The van der Waals surface area contributed by atoms with E-state index in [2.05, 4.69) is 4.72 Å². The smallest absolute Gasteiger partial charge is 0.213 e. The van der Waals surface area contributed by atoms with Crippen LogP contribution in [0.2, 0.25) is 0 Å². The average Bonchev–Trinajstić information content (AvgIpc) is 2.44. The van der Waals surface area contributed by atoms with Gasteiger partial charge in [-0.1, -0.05) is 13.3 Å². The Labute approximate surface area is 137 Å². The van der Waals surface area contributed by atoms with Gasteiger partial charge in [-0.05, 0) is 37.1 Å². The van der Waals surface area contributed by atoms with Crippen molar-refractivity contribution in [3.63, 3.8) is 0 Å². The molecule has 9 heteroatoms. The number of unbranched alkanes of at least 4 members (excludes halogenated alkanes) is 1. The molecule has 1 aromatic carbocycles. The minimum atomic E-state index is -3.80. The molecule has 1 N–H and O–H groups in total. The van der Waals surface area contributed by atoms with Gasteiger partial charge in [-0.3, -0.25) is 0 Å². The molecular formula is C14H23FN2O4S2. The molecule has 1 rings (SSSR count). The van der Waals surface area contributed by atoms with Crippen molar-refractivity contribution < 1.29 is 21.2 Å². The molecule has 0 amide bonds. The first-order chi connectivity index (χ1) is 10.6. The van der Waals surface area contributed by atoms with Crippen molar-refractivity contribution in [3.8, 4) is 0 Å². The van der Waals surface area contributed by atoms with E-state index in [4.69, 9.17) is 0 Å². The lowest BCUT2D eigenvalue weighted by molar-refractivity contribution is 0.408. The van der Waals surface area contributed by atoms with E-state index < -0.39 is 25.9 Å². The minimum absolute atomic E-state index is 0.0455. The van der Waals surface area contributed by atoms with Crippen LogP contribution in [0, 0.1) is 12.7 Å². The maximum atomic E-state index is 13.2. The first-order valence-corrected chi connectivity index (χ1v) is 10.6. The van der Waals surface area contributed by atoms with Crippen LogP contribution in [0.15, 0.2) is 23.1 Å². The molecule has 0 aliphatic heterocycles. The lowest BCUT2D eigenvalue weighted by atomic mass is 10.2. The molecule has 0 fully saturated rings. The molecule has 0 heterocycles. The summed E-state index contributed by atoms with van der Waals surface area (Å²) in [6.07, 6.45) is 2.64. The maximum absolute atomic E-state index is 13.2. The van der Waals surface area contributed by atoms with E-state index in [0.717, 1.165) is 18.7 Å². The SMILES string of the molecule is CCCCN(CCNS(=O)(=O)c1ccc(F)c(C)c1)S(C)(=O)=O. The van der Waals surface area contributed by atoms with Crippen molar-refractivity contribution in [3.05, 3.63) is 29.6 Å². The molecule has 23 heavy (non-hydrogen) atoms. The van der Waals surface area contributed by atoms with Gasteiger partial charge in [-0.15, -0.1) is 0 Å². The molecule has 0 aliphatic rings. The highest BCUT2D eigenvalue weighted by molar-refractivity contribution is 7.89. The van der Waals surface area contributed by atoms with E-state index in [0.29, 0.717) is 13.0 Å². The zero-order valence-corrected chi connectivity index (χ0v) is 15.2. The average molecular weight is 366 g/mol. The lowest BCUT2D eigenvalue weighted by Crippen LogP contribution is -2.38. The van der Waals surface area contributed by atoms with Crippen LogP contribution in [0.4, 0.5) is 4.39 Å². The van der Waals surface area contributed by atoms with Crippen LogP contribution < -0.4 is 4.72 Å². The van der Waals surface area contributed by atoms with E-state index >= 15 is 0 Å². The molecule has 6 nitrogen and oxygen atoms in total. The summed E-state index contributed by atoms with van der Waals surface area (Å²) >= 11 is 0. The minimum Gasteiger partial charge on any atom is -0.213 e. The molecule has 0 spiro atoms. The van der Waals surface area contributed by atoms with Gasteiger partial charge in [0, 0.05) is 19.6 Å². The summed E-state index contributed by atoms with van der Waals surface area (Å²) in [6, 6.07) is 3.51. The van der Waals surface area contributed by atoms with Gasteiger partial charge in [-0.25, -0.2) is 30.3 Å². The fourth-order valence-electron chi connectivity index (χ4n) is 1.95. The number of nitrogens with one attached hydrogen (secondary N) is 1. The molecule has 1 aromatic rings. The summed E-state index contributed by atoms with van der Waals surface area (Å²) in [5.74, 6) is -0.480. The Hall–Kier alpha value is -1.03. The normalized spacial score (nSPS) is 12.7. The molecule has 0 saturated heterocycles. The van der Waals surface area contributed by atoms with Crippen molar-refractivity contribution in [1.82, 2.24) is 9.03 Å². The molecular weight excluding hydrogens is 343 g/mol. The fourth-order valence-corrected chi connectivity index (χ4v) is 3.94. The predicted octanol–water partition coefficient (Wildman–Crippen LogP) is 1.47. The van der Waals surface area contributed by atoms with Crippen molar-refractivity contribution in [2.45, 2.75) is 31.6 Å². The van der Waals surface area contributed by atoms with E-state index in [9.17, 15) is 21.2 Å². The summed E-state index contributed by atoms with van der Waals surface area (Å²) in [5.41, 5.74) is 0.230. The van der Waals surface area contributed by atoms with Gasteiger partial charge >= 0.3 is 0 Å². The van der Waals surface area contributed by atoms with Crippen LogP contribution in [0.1, 0.15) is 25.3 Å². The molecule has 0 unspecified atom stereocenters. The Morgan fingerprint density at radius 3 is 2.35 bits per heavy atom. The number of rotatable bonds is 9. The topological polar surface area (TPSA) is 83.6 Å². The quantitative estimate of drug-likeness (QED) is 0.717. The first kappa shape index (κ1) is 20.0. The van der Waals surface area contributed by atoms with Crippen LogP contribution >= 0.6 is 0 Å². The van der Waals surface area contributed by atoms with Crippen LogP contribution in [-0.4, -0.2) is 47.0 Å². The number of benzene rings is 1. The number of hydrogen-bond acceptors (Lipinski definition) is 4. The van der Waals surface area contributed by atoms with Gasteiger partial charge in [0.1, 0.15) is 5.82 Å². The highest BCUT2D eigenvalue weighted by atomic mass is 32.2. The molecule has 0 aliphatic carbocycles. The van der Waals surface area contributed by atoms with Crippen LogP contribution in [0.25, 0.3) is 0 Å². The van der Waals surface area contributed by atoms with Gasteiger partial charge in [0.15, 0.2) is 0 Å². The Balaban J connectivity index is 2.73. The van der Waals surface area contributed by atoms with Crippen molar-refractivity contribution in [2.24, 2.45) is 0 Å². The molecule has 0 atom stereocenters. The fraction of sp³-hybridized carbons (Fsp3) is 0.571. The number of halogens is 1. The number of aryl methyl sites for hydroxylation is 1. The Morgan fingerprint density at radius 1 is 1.17 bits per heavy atom. The summed E-state index contributed by atoms with van der Waals surface area (Å²) in [6.45, 7) is 3.78. The van der Waals surface area contributed by atoms with Gasteiger partial charge in [-0.2, -0.15) is 0 Å². The number of hydrogen-bond donors (Lipinski definition) is 1. The largest absolute Gasteiger partial charge is 0.240 e. The predicted molar refractivity (Wildman–Crippen MR) is 87.7 cm³/mol. The summed E-state index contributed by atoms with van der Waals surface area (Å²) in [4.78, 5) is -0.0455. The zero-order valence-electron chi connectivity index (χ0n) is 13.5. The summed E-state index contributed by atoms with van der Waals surface area (Å²) in [5, 5.41) is 0. The molecule has 0 saturated carbocycles. The third-order valence-corrected chi connectivity index (χ3v) is 6.08. The second-order valence-electron chi connectivity index (χ2n) is 5.32. The second-order valence-corrected chi connectivity index (χ2v) is 9.07. The molecule has 132 valence electrons. The van der Waals surface area contributed by atoms with Crippen LogP contribution in [-0.2, 0) is 20.0 Å². The van der Waals surface area contributed by atoms with Gasteiger partial charge < -0.3 is 0 Å². The van der Waals surface area contributed by atoms with Crippen molar-refractivity contribution in [2.75, 3.05) is 25.9 Å². The van der Waals surface area contributed by atoms with E-state index in [1.165, 1.54) is 23.4 Å². The molecule has 0 radical (unpaired) electrons. The summed E-state index contributed by atoms with van der Waals surface area (Å²) < 4.78 is 64.4. The highest BCUT2D eigenvalue weighted by Crippen LogP contribution is 2.14. The Bertz CT molecular complexity index is 733. The van der Waals surface area contributed by atoms with E-state index in [1.807, 2.05) is 6.92 Å². The molecule has 0 aromatic heterocycles. The summed E-state index contributed by atoms with van der Waals surface area (Å²) in [7, 11) is -7.18. The first-order valence-electron chi connectivity index (χ1n) is 7.29. The van der Waals surface area contributed by atoms with Gasteiger partial charge in [0.05, 0.1) is 11.2 Å². The zero-order chi connectivity index (χ0) is 17.7. The molecule has 0 bridgehead atoms. The maximum Gasteiger partial charge on any atom is 0.240 e. The number of nitrogens with zero attached hydrogens (tertiary/aromatic N) is 1. The van der Waals surface area contributed by atoms with Gasteiger partial charge in [0.25, 0.3) is 0 Å². The third-order valence-electron chi connectivity index (χ3n) is 3.32. The van der Waals surface area contributed by atoms with E-state index in [1.54, 1.807) is 0 Å². The van der Waals surface area contributed by atoms with E-state index in [-0.39, 0.29) is 23.5 Å². The lowest BCUT2D eigenvalue weighted by Gasteiger charge is -2.19. The van der Waals surface area contributed by atoms with Crippen molar-refractivity contribution >= 4 is 20.0 Å². The third kappa shape index (κ3) is 6.17. The Kier molecular flexibility index (Phi) is 7.12. The monoisotopic (exact) mass is 366 g/mol. The second kappa shape index (κ2) is 8.18. The van der Waals surface area contributed by atoms with Crippen LogP contribution in [0.5, 0.6) is 0 Å². The number of sulfonamides is 2. The van der Waals surface area contributed by atoms with Crippen LogP contribution in [0.3, 0.4) is 0 Å². The van der Waals surface area contributed by atoms with Gasteiger partial charge in [0.2, 0.25) is 20.0 Å². The Morgan fingerprint density at radius 2 is 1.83 bits per heavy atom. The standard InChI is InChI=1S/C14H23FN2O4S2/c1-4-5-9-17(22(3,18)19)10-8-16-23(20,21)13-6-7-14(15)12(2)11-13/h6-7,11,16H,4-5,8-10H2,1-3H3. The van der Waals surface area contributed by atoms with Crippen molar-refractivity contribution in [1.29, 1.82) is 0 Å².